The van der Waals surface area contributed by atoms with Gasteiger partial charge in [-0.2, -0.15) is 0 Å². The van der Waals surface area contributed by atoms with Crippen molar-refractivity contribution < 1.29 is 9.59 Å². The fourth-order valence-electron chi connectivity index (χ4n) is 2.41. The molecule has 0 aliphatic rings. The second-order valence-electron chi connectivity index (χ2n) is 5.65. The third kappa shape index (κ3) is 6.24. The van der Waals surface area contributed by atoms with Gasteiger partial charge in [0.15, 0.2) is 0 Å². The van der Waals surface area contributed by atoms with Crippen molar-refractivity contribution in [3.63, 3.8) is 0 Å². The summed E-state index contributed by atoms with van der Waals surface area (Å²) < 4.78 is 0. The summed E-state index contributed by atoms with van der Waals surface area (Å²) in [5, 5.41) is 1.08. The molecule has 0 radical (unpaired) electrons. The number of benzene rings is 2. The van der Waals surface area contributed by atoms with E-state index in [9.17, 15) is 9.59 Å². The van der Waals surface area contributed by atoms with E-state index in [2.05, 4.69) is 10.9 Å². The van der Waals surface area contributed by atoms with Gasteiger partial charge in [-0.1, -0.05) is 66.9 Å². The normalized spacial score (nSPS) is 11.7. The molecule has 7 heteroatoms. The molecular weight excluding hydrogens is 391 g/mol. The fraction of sp³-hybridized carbons (Fsp3) is 0.263. The minimum absolute atomic E-state index is 0.115. The molecule has 2 aromatic carbocycles. The van der Waals surface area contributed by atoms with Crippen molar-refractivity contribution in [3.8, 4) is 0 Å². The summed E-state index contributed by atoms with van der Waals surface area (Å²) in [6, 6.07) is 14.6. The van der Waals surface area contributed by atoms with Crippen LogP contribution < -0.4 is 10.9 Å². The Morgan fingerprint density at radius 1 is 1.08 bits per heavy atom. The summed E-state index contributed by atoms with van der Waals surface area (Å²) in [4.78, 5) is 25.2. The summed E-state index contributed by atoms with van der Waals surface area (Å²) in [5.41, 5.74) is 5.91. The van der Waals surface area contributed by atoms with Crippen LogP contribution in [0.1, 0.15) is 31.2 Å². The summed E-state index contributed by atoms with van der Waals surface area (Å²) in [6.45, 7) is 2.02. The lowest BCUT2D eigenvalue weighted by Crippen LogP contribution is -2.44. The second-order valence-corrected chi connectivity index (χ2v) is 7.51. The smallest absolute Gasteiger partial charge is 0.248 e. The van der Waals surface area contributed by atoms with Crippen LogP contribution in [0.15, 0.2) is 53.4 Å². The number of nitrogens with one attached hydrogen (secondary N) is 2. The first-order valence-electron chi connectivity index (χ1n) is 8.22. The number of hydrogen-bond acceptors (Lipinski definition) is 3. The van der Waals surface area contributed by atoms with Gasteiger partial charge in [-0.05, 0) is 30.2 Å². The lowest BCUT2D eigenvalue weighted by atomic mass is 9.94. The third-order valence-electron chi connectivity index (χ3n) is 3.67. The van der Waals surface area contributed by atoms with Crippen LogP contribution in [-0.2, 0) is 9.59 Å². The molecule has 4 nitrogen and oxygen atoms in total. The van der Waals surface area contributed by atoms with Crippen LogP contribution in [0.5, 0.6) is 0 Å². The number of carbonyl (C=O) groups excluding carboxylic acids is 2. The highest BCUT2D eigenvalue weighted by Crippen LogP contribution is 2.29. The Hall–Kier alpha value is -1.69. The van der Waals surface area contributed by atoms with Crippen LogP contribution in [0, 0.1) is 0 Å². The van der Waals surface area contributed by atoms with Crippen molar-refractivity contribution in [1.29, 1.82) is 0 Å². The van der Waals surface area contributed by atoms with Gasteiger partial charge < -0.3 is 0 Å². The quantitative estimate of drug-likeness (QED) is 0.508. The summed E-state index contributed by atoms with van der Waals surface area (Å²) in [7, 11) is 0. The molecule has 0 fully saturated rings. The molecule has 0 aromatic heterocycles. The largest absolute Gasteiger partial charge is 0.273 e. The molecule has 0 bridgehead atoms. The van der Waals surface area contributed by atoms with Gasteiger partial charge in [0.1, 0.15) is 0 Å². The van der Waals surface area contributed by atoms with Gasteiger partial charge in [0.05, 0.1) is 16.7 Å². The Labute approximate surface area is 167 Å². The molecule has 0 saturated heterocycles. The molecular formula is C19H20Cl2N2O2S. The van der Waals surface area contributed by atoms with Crippen LogP contribution in [0.4, 0.5) is 0 Å². The number of amides is 2. The Bertz CT molecular complexity index is 756. The van der Waals surface area contributed by atoms with Gasteiger partial charge in [0.2, 0.25) is 11.8 Å². The maximum Gasteiger partial charge on any atom is 0.248 e. The highest BCUT2D eigenvalue weighted by Gasteiger charge is 2.20. The van der Waals surface area contributed by atoms with E-state index in [4.69, 9.17) is 23.2 Å². The summed E-state index contributed by atoms with van der Waals surface area (Å²) in [6.07, 6.45) is 1.57. The molecule has 26 heavy (non-hydrogen) atoms. The number of carbonyl (C=O) groups is 2. The molecule has 2 N–H and O–H groups in total. The van der Waals surface area contributed by atoms with E-state index in [-0.39, 0.29) is 23.5 Å². The van der Waals surface area contributed by atoms with Crippen LogP contribution in [0.2, 0.25) is 10.0 Å². The van der Waals surface area contributed by atoms with Gasteiger partial charge >= 0.3 is 0 Å². The molecule has 2 rings (SSSR count). The molecule has 0 saturated carbocycles. The highest BCUT2D eigenvalue weighted by atomic mass is 35.5. The first-order chi connectivity index (χ1) is 12.5. The van der Waals surface area contributed by atoms with E-state index in [0.717, 1.165) is 12.0 Å². The summed E-state index contributed by atoms with van der Waals surface area (Å²) in [5.74, 6) is -0.721. The maximum absolute atomic E-state index is 12.4. The lowest BCUT2D eigenvalue weighted by Gasteiger charge is -2.17. The highest BCUT2D eigenvalue weighted by molar-refractivity contribution is 8.00. The molecule has 2 amide bonds. The number of halogens is 2. The number of hydrogen-bond donors (Lipinski definition) is 2. The van der Waals surface area contributed by atoms with Crippen molar-refractivity contribution in [3.05, 3.63) is 64.1 Å². The van der Waals surface area contributed by atoms with Crippen LogP contribution in [0.25, 0.3) is 0 Å². The molecule has 0 aliphatic heterocycles. The Morgan fingerprint density at radius 3 is 2.50 bits per heavy atom. The Balaban J connectivity index is 1.87. The SMILES string of the molecule is CCC[C@H](C(=O)NNC(=O)CSc1cc(Cl)ccc1Cl)c1ccccc1. The van der Waals surface area contributed by atoms with Gasteiger partial charge in [0.25, 0.3) is 0 Å². The molecule has 0 heterocycles. The van der Waals surface area contributed by atoms with Gasteiger partial charge in [-0.3, -0.25) is 20.4 Å². The van der Waals surface area contributed by atoms with Crippen LogP contribution >= 0.6 is 35.0 Å². The van der Waals surface area contributed by atoms with Crippen molar-refractivity contribution in [2.75, 3.05) is 5.75 Å². The molecule has 1 atom stereocenters. The zero-order valence-corrected chi connectivity index (χ0v) is 16.6. The molecule has 2 aromatic rings. The van der Waals surface area contributed by atoms with Crippen molar-refractivity contribution in [2.45, 2.75) is 30.6 Å². The topological polar surface area (TPSA) is 58.2 Å². The predicted molar refractivity (Wildman–Crippen MR) is 108 cm³/mol. The van der Waals surface area contributed by atoms with Crippen LogP contribution in [0.3, 0.4) is 0 Å². The van der Waals surface area contributed by atoms with Gasteiger partial charge in [-0.25, -0.2) is 0 Å². The molecule has 138 valence electrons. The minimum Gasteiger partial charge on any atom is -0.273 e. The van der Waals surface area contributed by atoms with E-state index in [1.54, 1.807) is 18.2 Å². The van der Waals surface area contributed by atoms with Gasteiger partial charge in [-0.15, -0.1) is 11.8 Å². The maximum atomic E-state index is 12.4. The summed E-state index contributed by atoms with van der Waals surface area (Å²) >= 11 is 13.3. The van der Waals surface area contributed by atoms with Crippen molar-refractivity contribution in [1.82, 2.24) is 10.9 Å². The molecule has 0 aliphatic carbocycles. The monoisotopic (exact) mass is 410 g/mol. The lowest BCUT2D eigenvalue weighted by molar-refractivity contribution is -0.128. The van der Waals surface area contributed by atoms with Crippen molar-refractivity contribution >= 4 is 46.8 Å². The average molecular weight is 411 g/mol. The number of thioether (sulfide) groups is 1. The van der Waals surface area contributed by atoms with Crippen LogP contribution in [-0.4, -0.2) is 17.6 Å². The first kappa shape index (κ1) is 20.6. The van der Waals surface area contributed by atoms with Gasteiger partial charge in [0, 0.05) is 9.92 Å². The van der Waals surface area contributed by atoms with E-state index in [1.807, 2.05) is 37.3 Å². The molecule has 0 unspecified atom stereocenters. The third-order valence-corrected chi connectivity index (χ3v) is 5.40. The Kier molecular flexibility index (Phi) is 8.29. The van der Waals surface area contributed by atoms with E-state index < -0.39 is 0 Å². The molecule has 0 spiro atoms. The second kappa shape index (κ2) is 10.5. The van der Waals surface area contributed by atoms with Crippen molar-refractivity contribution in [2.24, 2.45) is 0 Å². The first-order valence-corrected chi connectivity index (χ1v) is 9.97. The Morgan fingerprint density at radius 2 is 1.81 bits per heavy atom. The fourth-order valence-corrected chi connectivity index (χ4v) is 3.70. The standard InChI is InChI=1S/C19H20Cl2N2O2S/c1-2-6-15(13-7-4-3-5-8-13)19(25)23-22-18(24)12-26-17-11-14(20)9-10-16(17)21/h3-5,7-11,15H,2,6,12H2,1H3,(H,22,24)(H,23,25)/t15-/m0/s1. The van der Waals surface area contributed by atoms with E-state index in [0.29, 0.717) is 21.4 Å². The predicted octanol–water partition coefficient (Wildman–Crippen LogP) is 4.82. The zero-order chi connectivity index (χ0) is 18.9. The number of hydrazine groups is 1. The minimum atomic E-state index is -0.317. The zero-order valence-electron chi connectivity index (χ0n) is 14.3. The number of rotatable bonds is 7. The average Bonchev–Trinajstić information content (AvgIpc) is 2.65. The van der Waals surface area contributed by atoms with E-state index >= 15 is 0 Å². The van der Waals surface area contributed by atoms with E-state index in [1.165, 1.54) is 11.8 Å².